The van der Waals surface area contributed by atoms with E-state index < -0.39 is 5.25 Å². The number of hydrogen-bond donors (Lipinski definition) is 0. The van der Waals surface area contributed by atoms with Crippen molar-refractivity contribution in [3.8, 4) is 0 Å². The Labute approximate surface area is 126 Å². The Bertz CT molecular complexity index is 690. The van der Waals surface area contributed by atoms with Gasteiger partial charge in [-0.1, -0.05) is 30.0 Å². The first kappa shape index (κ1) is 13.8. The van der Waals surface area contributed by atoms with Gasteiger partial charge in [-0.15, -0.1) is 0 Å². The predicted molar refractivity (Wildman–Crippen MR) is 80.0 cm³/mol. The minimum Gasteiger partial charge on any atom is -0.274 e. The van der Waals surface area contributed by atoms with Crippen LogP contribution in [0.2, 0.25) is 0 Å². The van der Waals surface area contributed by atoms with Crippen LogP contribution in [0.15, 0.2) is 47.8 Å². The second-order valence-corrected chi connectivity index (χ2v) is 5.86. The van der Waals surface area contributed by atoms with Crippen LogP contribution in [0, 0.1) is 6.92 Å². The van der Waals surface area contributed by atoms with Crippen molar-refractivity contribution in [1.82, 2.24) is 9.97 Å². The van der Waals surface area contributed by atoms with Crippen LogP contribution >= 0.6 is 11.8 Å². The summed E-state index contributed by atoms with van der Waals surface area (Å²) >= 11 is 1.24. The van der Waals surface area contributed by atoms with E-state index >= 15 is 0 Å². The molecule has 0 radical (unpaired) electrons. The highest BCUT2D eigenvalue weighted by atomic mass is 32.2. The molecule has 21 heavy (non-hydrogen) atoms. The summed E-state index contributed by atoms with van der Waals surface area (Å²) < 4.78 is 0. The number of anilines is 1. The predicted octanol–water partition coefficient (Wildman–Crippen LogP) is 2.21. The first-order valence-corrected chi connectivity index (χ1v) is 7.41. The fourth-order valence-corrected chi connectivity index (χ4v) is 3.16. The maximum absolute atomic E-state index is 12.4. The number of para-hydroxylation sites is 1. The standard InChI is InChI=1S/C15H13N3O2S/c1-10-7-8-16-15(17-10)21-12-9-13(19)18(14(12)20)11-5-3-2-4-6-11/h2-8,12H,9H2,1H3/t12-/m1/s1. The van der Waals surface area contributed by atoms with E-state index in [2.05, 4.69) is 9.97 Å². The molecule has 1 aliphatic rings. The number of rotatable bonds is 3. The molecule has 1 aromatic carbocycles. The van der Waals surface area contributed by atoms with Crippen LogP contribution in [-0.2, 0) is 9.59 Å². The molecular formula is C15H13N3O2S. The molecule has 0 bridgehead atoms. The number of thioether (sulfide) groups is 1. The fourth-order valence-electron chi connectivity index (χ4n) is 2.15. The average Bonchev–Trinajstić information content (AvgIpc) is 2.74. The average molecular weight is 299 g/mol. The number of hydrogen-bond acceptors (Lipinski definition) is 5. The van der Waals surface area contributed by atoms with Crippen molar-refractivity contribution in [1.29, 1.82) is 0 Å². The molecule has 1 saturated heterocycles. The first-order chi connectivity index (χ1) is 10.1. The van der Waals surface area contributed by atoms with Crippen LogP contribution in [0.25, 0.3) is 0 Å². The molecular weight excluding hydrogens is 286 g/mol. The normalized spacial score (nSPS) is 18.3. The van der Waals surface area contributed by atoms with E-state index in [0.717, 1.165) is 5.69 Å². The topological polar surface area (TPSA) is 63.2 Å². The summed E-state index contributed by atoms with van der Waals surface area (Å²) in [4.78, 5) is 34.2. The van der Waals surface area contributed by atoms with Crippen molar-refractivity contribution in [2.24, 2.45) is 0 Å². The van der Waals surface area contributed by atoms with E-state index in [-0.39, 0.29) is 18.2 Å². The molecule has 1 aliphatic heterocycles. The van der Waals surface area contributed by atoms with Gasteiger partial charge >= 0.3 is 0 Å². The minimum absolute atomic E-state index is 0.176. The number of aryl methyl sites for hydroxylation is 1. The molecule has 6 heteroatoms. The number of amides is 2. The van der Waals surface area contributed by atoms with Gasteiger partial charge in [-0.3, -0.25) is 9.59 Å². The minimum atomic E-state index is -0.459. The second kappa shape index (κ2) is 5.65. The lowest BCUT2D eigenvalue weighted by atomic mass is 10.3. The first-order valence-electron chi connectivity index (χ1n) is 6.53. The van der Waals surface area contributed by atoms with E-state index in [9.17, 15) is 9.59 Å². The Balaban J connectivity index is 1.81. The maximum Gasteiger partial charge on any atom is 0.247 e. The van der Waals surface area contributed by atoms with E-state index in [1.54, 1.807) is 36.5 Å². The van der Waals surface area contributed by atoms with Crippen molar-refractivity contribution in [2.75, 3.05) is 4.90 Å². The van der Waals surface area contributed by atoms with Crippen molar-refractivity contribution >= 4 is 29.3 Å². The molecule has 2 amide bonds. The Kier molecular flexibility index (Phi) is 3.70. The summed E-state index contributed by atoms with van der Waals surface area (Å²) in [6.07, 6.45) is 1.83. The van der Waals surface area contributed by atoms with Gasteiger partial charge in [0.2, 0.25) is 11.8 Å². The van der Waals surface area contributed by atoms with Gasteiger partial charge in [0, 0.05) is 18.3 Å². The Hall–Kier alpha value is -2.21. The summed E-state index contributed by atoms with van der Waals surface area (Å²) in [6.45, 7) is 1.86. The molecule has 3 rings (SSSR count). The summed E-state index contributed by atoms with van der Waals surface area (Å²) in [5.41, 5.74) is 1.45. The zero-order valence-electron chi connectivity index (χ0n) is 11.4. The fraction of sp³-hybridized carbons (Fsp3) is 0.200. The van der Waals surface area contributed by atoms with Crippen LogP contribution in [0.1, 0.15) is 12.1 Å². The summed E-state index contributed by atoms with van der Waals surface area (Å²) in [6, 6.07) is 10.8. The van der Waals surface area contributed by atoms with Crippen molar-refractivity contribution in [2.45, 2.75) is 23.8 Å². The lowest BCUT2D eigenvalue weighted by Crippen LogP contribution is -2.31. The van der Waals surface area contributed by atoms with Gasteiger partial charge in [-0.05, 0) is 25.1 Å². The molecule has 106 valence electrons. The van der Waals surface area contributed by atoms with Gasteiger partial charge in [0.1, 0.15) is 5.25 Å². The Morgan fingerprint density at radius 2 is 1.95 bits per heavy atom. The van der Waals surface area contributed by atoms with Gasteiger partial charge in [0.15, 0.2) is 5.16 Å². The highest BCUT2D eigenvalue weighted by Crippen LogP contribution is 2.32. The van der Waals surface area contributed by atoms with Crippen LogP contribution in [0.4, 0.5) is 5.69 Å². The largest absolute Gasteiger partial charge is 0.274 e. The summed E-state index contributed by atoms with van der Waals surface area (Å²) in [5, 5.41) is 0.0653. The number of imide groups is 1. The van der Waals surface area contributed by atoms with Gasteiger partial charge in [-0.2, -0.15) is 0 Å². The van der Waals surface area contributed by atoms with E-state index in [0.29, 0.717) is 10.8 Å². The molecule has 1 aromatic heterocycles. The monoisotopic (exact) mass is 299 g/mol. The van der Waals surface area contributed by atoms with E-state index in [4.69, 9.17) is 0 Å². The molecule has 1 fully saturated rings. The van der Waals surface area contributed by atoms with Gasteiger partial charge in [0.25, 0.3) is 0 Å². The third kappa shape index (κ3) is 2.80. The zero-order chi connectivity index (χ0) is 14.8. The molecule has 2 heterocycles. The highest BCUT2D eigenvalue weighted by molar-refractivity contribution is 8.00. The van der Waals surface area contributed by atoms with Gasteiger partial charge < -0.3 is 0 Å². The lowest BCUT2D eigenvalue weighted by molar-refractivity contribution is -0.121. The lowest BCUT2D eigenvalue weighted by Gasteiger charge is -2.14. The van der Waals surface area contributed by atoms with Crippen molar-refractivity contribution < 1.29 is 9.59 Å². The molecule has 0 aliphatic carbocycles. The van der Waals surface area contributed by atoms with E-state index in [1.807, 2.05) is 13.0 Å². The maximum atomic E-state index is 12.4. The Morgan fingerprint density at radius 3 is 2.67 bits per heavy atom. The molecule has 0 unspecified atom stereocenters. The second-order valence-electron chi connectivity index (χ2n) is 4.69. The SMILES string of the molecule is Cc1ccnc(S[C@@H]2CC(=O)N(c3ccccc3)C2=O)n1. The third-order valence-electron chi connectivity index (χ3n) is 3.14. The summed E-state index contributed by atoms with van der Waals surface area (Å²) in [5.74, 6) is -0.391. The van der Waals surface area contributed by atoms with Crippen molar-refractivity contribution in [3.05, 3.63) is 48.3 Å². The third-order valence-corrected chi connectivity index (χ3v) is 4.20. The van der Waals surface area contributed by atoms with Gasteiger partial charge in [0.05, 0.1) is 5.69 Å². The van der Waals surface area contributed by atoms with Crippen molar-refractivity contribution in [3.63, 3.8) is 0 Å². The quantitative estimate of drug-likeness (QED) is 0.642. The molecule has 5 nitrogen and oxygen atoms in total. The number of carbonyl (C=O) groups excluding carboxylic acids is 2. The molecule has 0 saturated carbocycles. The van der Waals surface area contributed by atoms with Gasteiger partial charge in [-0.25, -0.2) is 14.9 Å². The van der Waals surface area contributed by atoms with E-state index in [1.165, 1.54) is 16.7 Å². The van der Waals surface area contributed by atoms with Crippen LogP contribution in [0.3, 0.4) is 0 Å². The molecule has 2 aromatic rings. The zero-order valence-corrected chi connectivity index (χ0v) is 12.2. The number of aromatic nitrogens is 2. The van der Waals surface area contributed by atoms with Crippen LogP contribution < -0.4 is 4.90 Å². The molecule has 0 N–H and O–H groups in total. The number of benzene rings is 1. The van der Waals surface area contributed by atoms with Crippen LogP contribution in [0.5, 0.6) is 0 Å². The summed E-state index contributed by atoms with van der Waals surface area (Å²) in [7, 11) is 0. The number of carbonyl (C=O) groups is 2. The highest BCUT2D eigenvalue weighted by Gasteiger charge is 2.40. The molecule has 1 atom stereocenters. The Morgan fingerprint density at radius 1 is 1.19 bits per heavy atom. The number of nitrogens with zero attached hydrogens (tertiary/aromatic N) is 3. The molecule has 0 spiro atoms. The smallest absolute Gasteiger partial charge is 0.247 e. The van der Waals surface area contributed by atoms with Crippen LogP contribution in [-0.4, -0.2) is 27.0 Å².